The van der Waals surface area contributed by atoms with Crippen LogP contribution in [-0.4, -0.2) is 42.1 Å². The second-order valence-electron chi connectivity index (χ2n) is 6.27. The molecule has 4 nitrogen and oxygen atoms in total. The number of hydrogen-bond donors (Lipinski definition) is 2. The van der Waals surface area contributed by atoms with Gasteiger partial charge in [0.2, 0.25) is 0 Å². The third kappa shape index (κ3) is 3.09. The Hall–Kier alpha value is -1.07. The molecular formula is C16H21BrN2O2. The van der Waals surface area contributed by atoms with E-state index in [1.807, 2.05) is 4.90 Å². The van der Waals surface area contributed by atoms with Gasteiger partial charge in [0.1, 0.15) is 5.75 Å². The molecule has 1 aromatic carbocycles. The standard InChI is InChI=1S/C16H21BrN2O2/c17-12-3-4-13(14(20)9-12)15(21)19-8-2-6-16(11-19)5-1-7-18-10-16/h3-4,9,18,20H,1-2,5-8,10-11H2. The maximum atomic E-state index is 12.7. The number of nitrogens with one attached hydrogen (secondary N) is 1. The number of phenols is 1. The van der Waals surface area contributed by atoms with Crippen LogP contribution < -0.4 is 5.32 Å². The summed E-state index contributed by atoms with van der Waals surface area (Å²) in [6.45, 7) is 3.68. The molecule has 1 spiro atoms. The largest absolute Gasteiger partial charge is 0.507 e. The van der Waals surface area contributed by atoms with Crippen LogP contribution in [0.25, 0.3) is 0 Å². The molecule has 0 aliphatic carbocycles. The number of piperidine rings is 2. The first kappa shape index (κ1) is 14.9. The predicted octanol–water partition coefficient (Wildman–Crippen LogP) is 2.76. The maximum absolute atomic E-state index is 12.7. The summed E-state index contributed by atoms with van der Waals surface area (Å²) in [6.07, 6.45) is 4.61. The van der Waals surface area contributed by atoms with E-state index in [-0.39, 0.29) is 17.1 Å². The molecule has 0 bridgehead atoms. The third-order valence-electron chi connectivity index (χ3n) is 4.70. The summed E-state index contributed by atoms with van der Waals surface area (Å²) in [4.78, 5) is 14.6. The zero-order valence-corrected chi connectivity index (χ0v) is 13.7. The number of halogens is 1. The van der Waals surface area contributed by atoms with E-state index in [0.717, 1.165) is 37.1 Å². The molecule has 2 heterocycles. The van der Waals surface area contributed by atoms with E-state index in [2.05, 4.69) is 21.2 Å². The van der Waals surface area contributed by atoms with Gasteiger partial charge in [0.15, 0.2) is 0 Å². The Labute approximate surface area is 133 Å². The average molecular weight is 353 g/mol. The van der Waals surface area contributed by atoms with Crippen molar-refractivity contribution in [1.82, 2.24) is 10.2 Å². The summed E-state index contributed by atoms with van der Waals surface area (Å²) in [5.74, 6) is 0.000385. The summed E-state index contributed by atoms with van der Waals surface area (Å²) < 4.78 is 0.781. The Bertz CT molecular complexity index is 536. The van der Waals surface area contributed by atoms with E-state index in [1.165, 1.54) is 19.3 Å². The van der Waals surface area contributed by atoms with Gasteiger partial charge in [0.25, 0.3) is 5.91 Å². The number of hydrogen-bond acceptors (Lipinski definition) is 3. The first-order chi connectivity index (χ1) is 10.1. The summed E-state index contributed by atoms with van der Waals surface area (Å²) in [6, 6.07) is 5.08. The third-order valence-corrected chi connectivity index (χ3v) is 5.19. The lowest BCUT2D eigenvalue weighted by Gasteiger charge is -2.45. The molecule has 114 valence electrons. The van der Waals surface area contributed by atoms with Crippen LogP contribution in [-0.2, 0) is 0 Å². The fraction of sp³-hybridized carbons (Fsp3) is 0.562. The zero-order valence-electron chi connectivity index (χ0n) is 12.1. The Morgan fingerprint density at radius 3 is 2.86 bits per heavy atom. The number of amides is 1. The smallest absolute Gasteiger partial charge is 0.257 e. The van der Waals surface area contributed by atoms with E-state index in [4.69, 9.17) is 0 Å². The summed E-state index contributed by atoms with van der Waals surface area (Å²) >= 11 is 3.31. The molecule has 2 N–H and O–H groups in total. The number of aromatic hydroxyl groups is 1. The Kier molecular flexibility index (Phi) is 4.22. The quantitative estimate of drug-likeness (QED) is 0.816. The number of phenolic OH excluding ortho intramolecular Hbond substituents is 1. The Morgan fingerprint density at radius 1 is 1.33 bits per heavy atom. The first-order valence-electron chi connectivity index (χ1n) is 7.58. The van der Waals surface area contributed by atoms with E-state index in [9.17, 15) is 9.90 Å². The molecule has 21 heavy (non-hydrogen) atoms. The minimum Gasteiger partial charge on any atom is -0.507 e. The minimum absolute atomic E-state index is 0.0513. The van der Waals surface area contributed by atoms with Gasteiger partial charge in [-0.1, -0.05) is 15.9 Å². The first-order valence-corrected chi connectivity index (χ1v) is 8.38. The van der Waals surface area contributed by atoms with Crippen molar-refractivity contribution in [3.05, 3.63) is 28.2 Å². The molecule has 2 fully saturated rings. The minimum atomic E-state index is -0.0513. The van der Waals surface area contributed by atoms with Crippen LogP contribution in [0.15, 0.2) is 22.7 Å². The molecule has 0 aromatic heterocycles. The van der Waals surface area contributed by atoms with Crippen LogP contribution in [0.2, 0.25) is 0 Å². The fourth-order valence-electron chi connectivity index (χ4n) is 3.62. The van der Waals surface area contributed by atoms with Crippen molar-refractivity contribution >= 4 is 21.8 Å². The Morgan fingerprint density at radius 2 is 2.14 bits per heavy atom. The van der Waals surface area contributed by atoms with Crippen molar-refractivity contribution in [2.24, 2.45) is 5.41 Å². The molecule has 2 aliphatic heterocycles. The number of likely N-dealkylation sites (tertiary alicyclic amines) is 1. The molecule has 0 radical (unpaired) electrons. The molecule has 0 saturated carbocycles. The molecule has 2 aliphatic rings. The topological polar surface area (TPSA) is 52.6 Å². The molecule has 1 unspecified atom stereocenters. The maximum Gasteiger partial charge on any atom is 0.257 e. The van der Waals surface area contributed by atoms with Crippen molar-refractivity contribution < 1.29 is 9.90 Å². The van der Waals surface area contributed by atoms with Crippen molar-refractivity contribution in [1.29, 1.82) is 0 Å². The highest BCUT2D eigenvalue weighted by Crippen LogP contribution is 2.37. The van der Waals surface area contributed by atoms with Crippen LogP contribution in [0.1, 0.15) is 36.0 Å². The zero-order chi connectivity index (χ0) is 14.9. The van der Waals surface area contributed by atoms with Gasteiger partial charge < -0.3 is 15.3 Å². The van der Waals surface area contributed by atoms with Gasteiger partial charge in [0.05, 0.1) is 5.56 Å². The molecule has 1 atom stereocenters. The highest BCUT2D eigenvalue weighted by atomic mass is 79.9. The van der Waals surface area contributed by atoms with Crippen molar-refractivity contribution in [3.63, 3.8) is 0 Å². The van der Waals surface area contributed by atoms with Gasteiger partial charge >= 0.3 is 0 Å². The second kappa shape index (κ2) is 5.97. The number of carbonyl (C=O) groups excluding carboxylic acids is 1. The molecule has 1 amide bonds. The lowest BCUT2D eigenvalue weighted by molar-refractivity contribution is 0.0431. The second-order valence-corrected chi connectivity index (χ2v) is 7.19. The van der Waals surface area contributed by atoms with Crippen LogP contribution in [0.4, 0.5) is 0 Å². The number of benzene rings is 1. The molecule has 5 heteroatoms. The van der Waals surface area contributed by atoms with Crippen LogP contribution in [0, 0.1) is 5.41 Å². The highest BCUT2D eigenvalue weighted by Gasteiger charge is 2.38. The molecule has 2 saturated heterocycles. The number of rotatable bonds is 1. The van der Waals surface area contributed by atoms with Crippen molar-refractivity contribution in [2.45, 2.75) is 25.7 Å². The van der Waals surface area contributed by atoms with Crippen LogP contribution >= 0.6 is 15.9 Å². The van der Waals surface area contributed by atoms with Crippen LogP contribution in [0.5, 0.6) is 5.75 Å². The van der Waals surface area contributed by atoms with Gasteiger partial charge in [-0.3, -0.25) is 4.79 Å². The van der Waals surface area contributed by atoms with Crippen molar-refractivity contribution in [2.75, 3.05) is 26.2 Å². The fourth-order valence-corrected chi connectivity index (χ4v) is 3.96. The summed E-state index contributed by atoms with van der Waals surface area (Å²) in [7, 11) is 0. The lowest BCUT2D eigenvalue weighted by Crippen LogP contribution is -2.52. The average Bonchev–Trinajstić information content (AvgIpc) is 2.47. The van der Waals surface area contributed by atoms with E-state index >= 15 is 0 Å². The molecule has 3 rings (SSSR count). The van der Waals surface area contributed by atoms with Gasteiger partial charge in [0, 0.05) is 29.5 Å². The normalized spacial score (nSPS) is 26.0. The van der Waals surface area contributed by atoms with Gasteiger partial charge in [-0.25, -0.2) is 0 Å². The SMILES string of the molecule is O=C(c1ccc(Br)cc1O)N1CCCC2(CCCNC2)C1. The monoisotopic (exact) mass is 352 g/mol. The molecular weight excluding hydrogens is 332 g/mol. The van der Waals surface area contributed by atoms with Gasteiger partial charge in [-0.2, -0.15) is 0 Å². The van der Waals surface area contributed by atoms with E-state index in [1.54, 1.807) is 18.2 Å². The Balaban J connectivity index is 1.77. The van der Waals surface area contributed by atoms with E-state index in [0.29, 0.717) is 5.56 Å². The predicted molar refractivity (Wildman–Crippen MR) is 85.5 cm³/mol. The van der Waals surface area contributed by atoms with Gasteiger partial charge in [-0.05, 0) is 50.4 Å². The highest BCUT2D eigenvalue weighted by molar-refractivity contribution is 9.10. The summed E-state index contributed by atoms with van der Waals surface area (Å²) in [5, 5.41) is 13.5. The number of nitrogens with zero attached hydrogens (tertiary/aromatic N) is 1. The van der Waals surface area contributed by atoms with E-state index < -0.39 is 0 Å². The van der Waals surface area contributed by atoms with Crippen molar-refractivity contribution in [3.8, 4) is 5.75 Å². The van der Waals surface area contributed by atoms with Gasteiger partial charge in [-0.15, -0.1) is 0 Å². The van der Waals surface area contributed by atoms with Crippen LogP contribution in [0.3, 0.4) is 0 Å². The lowest BCUT2D eigenvalue weighted by atomic mass is 9.74. The number of carbonyl (C=O) groups is 1. The summed E-state index contributed by atoms with van der Waals surface area (Å²) in [5.41, 5.74) is 0.635. The molecule has 1 aromatic rings.